The molecule has 0 aliphatic carbocycles. The molecule has 2 fully saturated rings. The van der Waals surface area contributed by atoms with E-state index < -0.39 is 0 Å². The molecule has 2 aliphatic rings. The summed E-state index contributed by atoms with van der Waals surface area (Å²) < 4.78 is 8.77. The molecule has 0 bridgehead atoms. The largest absolute Gasteiger partial charge is 0.368 e. The lowest BCUT2D eigenvalue weighted by Gasteiger charge is -2.35. The Bertz CT molecular complexity index is 999. The molecule has 1 N–H and O–H groups in total. The van der Waals surface area contributed by atoms with E-state index in [0.717, 1.165) is 18.5 Å². The number of para-hydroxylation sites is 1. The Balaban J connectivity index is 1.36. The van der Waals surface area contributed by atoms with Crippen LogP contribution in [0.5, 0.6) is 0 Å². The maximum Gasteiger partial charge on any atom is 0.295 e. The predicted molar refractivity (Wildman–Crippen MR) is 116 cm³/mol. The van der Waals surface area contributed by atoms with Crippen LogP contribution in [0.1, 0.15) is 18.5 Å². The van der Waals surface area contributed by atoms with Crippen molar-refractivity contribution in [1.82, 2.24) is 19.2 Å². The van der Waals surface area contributed by atoms with Gasteiger partial charge in [-0.05, 0) is 31.9 Å². The third-order valence-corrected chi connectivity index (χ3v) is 6.07. The van der Waals surface area contributed by atoms with Gasteiger partial charge in [-0.3, -0.25) is 24.0 Å². The van der Waals surface area contributed by atoms with Crippen molar-refractivity contribution in [2.75, 3.05) is 44.6 Å². The molecule has 1 unspecified atom stereocenters. The van der Waals surface area contributed by atoms with Crippen LogP contribution in [0.2, 0.25) is 0 Å². The number of piperazine rings is 1. The van der Waals surface area contributed by atoms with Crippen molar-refractivity contribution in [1.29, 1.82) is 0 Å². The van der Waals surface area contributed by atoms with E-state index in [4.69, 9.17) is 4.74 Å². The van der Waals surface area contributed by atoms with Crippen LogP contribution in [-0.4, -0.2) is 76.4 Å². The number of anilines is 1. The highest BCUT2D eigenvalue weighted by molar-refractivity contribution is 5.92. The normalized spacial score (nSPS) is 19.5. The minimum atomic E-state index is -0.303. The van der Waals surface area contributed by atoms with Crippen molar-refractivity contribution in [3.63, 3.8) is 0 Å². The smallest absolute Gasteiger partial charge is 0.295 e. The molecule has 2 aliphatic heterocycles. The van der Waals surface area contributed by atoms with Crippen LogP contribution in [0.25, 0.3) is 5.69 Å². The fourth-order valence-electron chi connectivity index (χ4n) is 4.20. The number of hydrogen-bond acceptors (Lipinski definition) is 5. The zero-order valence-corrected chi connectivity index (χ0v) is 18.0. The Morgan fingerprint density at radius 1 is 1.13 bits per heavy atom. The predicted octanol–water partition coefficient (Wildman–Crippen LogP) is 0.746. The van der Waals surface area contributed by atoms with Crippen LogP contribution < -0.4 is 10.9 Å². The Kier molecular flexibility index (Phi) is 6.24. The third kappa shape index (κ3) is 4.42. The van der Waals surface area contributed by atoms with E-state index in [1.807, 2.05) is 47.1 Å². The molecule has 166 valence electrons. The number of rotatable bonds is 5. The summed E-state index contributed by atoms with van der Waals surface area (Å²) in [5.74, 6) is -0.173. The number of benzene rings is 1. The lowest BCUT2D eigenvalue weighted by atomic mass is 10.2. The van der Waals surface area contributed by atoms with Crippen LogP contribution in [0, 0.1) is 6.92 Å². The van der Waals surface area contributed by atoms with Gasteiger partial charge in [-0.2, -0.15) is 0 Å². The van der Waals surface area contributed by atoms with Gasteiger partial charge in [0.25, 0.3) is 11.5 Å². The maximum absolute atomic E-state index is 12.9. The fraction of sp³-hybridized carbons (Fsp3) is 0.500. The standard InChI is InChI=1S/C22H29N5O4/c1-16-20(22(30)27(24(16)2)17-7-4-3-5-8-17)23-19(28)15-25-10-12-26(13-11-25)21(29)18-9-6-14-31-18/h3-5,7-8,18H,6,9-15H2,1-2H3,(H,23,28). The van der Waals surface area contributed by atoms with Gasteiger partial charge in [-0.15, -0.1) is 0 Å². The number of aromatic nitrogens is 2. The molecule has 9 nitrogen and oxygen atoms in total. The van der Waals surface area contributed by atoms with Gasteiger partial charge < -0.3 is 15.0 Å². The zero-order valence-electron chi connectivity index (χ0n) is 18.0. The van der Waals surface area contributed by atoms with E-state index in [1.54, 1.807) is 16.4 Å². The lowest BCUT2D eigenvalue weighted by molar-refractivity contribution is -0.142. The van der Waals surface area contributed by atoms with Crippen LogP contribution >= 0.6 is 0 Å². The van der Waals surface area contributed by atoms with Crippen LogP contribution in [-0.2, 0) is 21.4 Å². The number of carbonyl (C=O) groups is 2. The number of nitrogens with zero attached hydrogens (tertiary/aromatic N) is 4. The van der Waals surface area contributed by atoms with Gasteiger partial charge in [-0.1, -0.05) is 18.2 Å². The van der Waals surface area contributed by atoms with E-state index >= 15 is 0 Å². The van der Waals surface area contributed by atoms with E-state index in [9.17, 15) is 14.4 Å². The third-order valence-electron chi connectivity index (χ3n) is 6.07. The second-order valence-electron chi connectivity index (χ2n) is 8.09. The Hall–Kier alpha value is -2.91. The lowest BCUT2D eigenvalue weighted by Crippen LogP contribution is -2.52. The Morgan fingerprint density at radius 3 is 2.48 bits per heavy atom. The SMILES string of the molecule is Cc1c(NC(=O)CN2CCN(C(=O)C3CCCO3)CC2)c(=O)n(-c2ccccc2)n1C. The van der Waals surface area contributed by atoms with Crippen molar-refractivity contribution in [3.8, 4) is 5.69 Å². The quantitative estimate of drug-likeness (QED) is 0.761. The Morgan fingerprint density at radius 2 is 1.84 bits per heavy atom. The van der Waals surface area contributed by atoms with Crippen LogP contribution in [0.3, 0.4) is 0 Å². The summed E-state index contributed by atoms with van der Waals surface area (Å²) >= 11 is 0. The van der Waals surface area contributed by atoms with Crippen molar-refractivity contribution in [2.45, 2.75) is 25.9 Å². The van der Waals surface area contributed by atoms with E-state index in [-0.39, 0.29) is 30.0 Å². The summed E-state index contributed by atoms with van der Waals surface area (Å²) in [5.41, 5.74) is 1.47. The zero-order chi connectivity index (χ0) is 22.0. The van der Waals surface area contributed by atoms with E-state index in [2.05, 4.69) is 5.32 Å². The second kappa shape index (κ2) is 9.07. The molecule has 0 saturated carbocycles. The molecule has 4 rings (SSSR count). The summed E-state index contributed by atoms with van der Waals surface area (Å²) in [6, 6.07) is 9.33. The highest BCUT2D eigenvalue weighted by atomic mass is 16.5. The van der Waals surface area contributed by atoms with Gasteiger partial charge in [0, 0.05) is 39.8 Å². The summed E-state index contributed by atoms with van der Waals surface area (Å²) in [5, 5.41) is 2.80. The molecule has 1 aromatic carbocycles. The maximum atomic E-state index is 12.9. The average Bonchev–Trinajstić information content (AvgIpc) is 3.38. The highest BCUT2D eigenvalue weighted by Crippen LogP contribution is 2.17. The second-order valence-corrected chi connectivity index (χ2v) is 8.09. The monoisotopic (exact) mass is 427 g/mol. The first-order valence-corrected chi connectivity index (χ1v) is 10.7. The Labute approximate surface area is 181 Å². The van der Waals surface area contributed by atoms with Gasteiger partial charge in [0.05, 0.1) is 17.9 Å². The molecule has 1 atom stereocenters. The first-order valence-electron chi connectivity index (χ1n) is 10.7. The van der Waals surface area contributed by atoms with Crippen molar-refractivity contribution >= 4 is 17.5 Å². The van der Waals surface area contributed by atoms with Crippen LogP contribution in [0.15, 0.2) is 35.1 Å². The number of nitrogens with one attached hydrogen (secondary N) is 1. The van der Waals surface area contributed by atoms with E-state index in [1.165, 1.54) is 0 Å². The van der Waals surface area contributed by atoms with Gasteiger partial charge in [-0.25, -0.2) is 4.68 Å². The number of carbonyl (C=O) groups excluding carboxylic acids is 2. The molecular formula is C22H29N5O4. The number of ether oxygens (including phenoxy) is 1. The summed E-state index contributed by atoms with van der Waals surface area (Å²) in [4.78, 5) is 41.9. The summed E-state index contributed by atoms with van der Waals surface area (Å²) in [6.07, 6.45) is 1.42. The average molecular weight is 428 g/mol. The minimum Gasteiger partial charge on any atom is -0.368 e. The highest BCUT2D eigenvalue weighted by Gasteiger charge is 2.30. The molecule has 9 heteroatoms. The number of hydrogen-bond donors (Lipinski definition) is 1. The summed E-state index contributed by atoms with van der Waals surface area (Å²) in [7, 11) is 1.80. The molecule has 31 heavy (non-hydrogen) atoms. The molecular weight excluding hydrogens is 398 g/mol. The first-order chi connectivity index (χ1) is 15.0. The van der Waals surface area contributed by atoms with Crippen molar-refractivity contribution < 1.29 is 14.3 Å². The molecule has 0 radical (unpaired) electrons. The van der Waals surface area contributed by atoms with Crippen molar-refractivity contribution in [3.05, 3.63) is 46.4 Å². The number of amides is 2. The van der Waals surface area contributed by atoms with Gasteiger partial charge in [0.1, 0.15) is 11.8 Å². The minimum absolute atomic E-state index is 0.0583. The van der Waals surface area contributed by atoms with Crippen LogP contribution in [0.4, 0.5) is 5.69 Å². The van der Waals surface area contributed by atoms with Gasteiger partial charge >= 0.3 is 0 Å². The molecule has 3 heterocycles. The molecule has 1 aromatic heterocycles. The molecule has 2 saturated heterocycles. The fourth-order valence-corrected chi connectivity index (χ4v) is 4.20. The topological polar surface area (TPSA) is 88.8 Å². The van der Waals surface area contributed by atoms with Gasteiger partial charge in [0.2, 0.25) is 5.91 Å². The van der Waals surface area contributed by atoms with Gasteiger partial charge in [0.15, 0.2) is 0 Å². The van der Waals surface area contributed by atoms with E-state index in [0.29, 0.717) is 44.2 Å². The first kappa shape index (κ1) is 21.3. The summed E-state index contributed by atoms with van der Waals surface area (Å²) in [6.45, 7) is 5.05. The molecule has 2 aromatic rings. The van der Waals surface area contributed by atoms with Crippen molar-refractivity contribution in [2.24, 2.45) is 7.05 Å². The molecule has 0 spiro atoms. The molecule has 2 amide bonds.